The molecular weight excluding hydrogens is 154 g/mol. The number of nitrogens with zero attached hydrogens (tertiary/aromatic N) is 3. The lowest BCUT2D eigenvalue weighted by Gasteiger charge is -2.07. The van der Waals surface area contributed by atoms with Gasteiger partial charge in [0, 0.05) is 19.6 Å². The Morgan fingerprint density at radius 3 is 2.92 bits per heavy atom. The molecule has 0 radical (unpaired) electrons. The van der Waals surface area contributed by atoms with Gasteiger partial charge in [-0.3, -0.25) is 0 Å². The number of hydrogen-bond acceptors (Lipinski definition) is 3. The highest BCUT2D eigenvalue weighted by molar-refractivity contribution is 4.91. The maximum atomic E-state index is 4.97. The molecule has 0 N–H and O–H groups in total. The molecule has 0 saturated carbocycles. The highest BCUT2D eigenvalue weighted by atomic mass is 16.5. The minimum Gasteiger partial charge on any atom is -0.383 e. The summed E-state index contributed by atoms with van der Waals surface area (Å²) in [6, 6.07) is 0. The molecule has 0 aromatic carbocycles. The summed E-state index contributed by atoms with van der Waals surface area (Å²) in [5.74, 6) is 1.44. The molecule has 0 aliphatic carbocycles. The van der Waals surface area contributed by atoms with Crippen LogP contribution in [0.3, 0.4) is 0 Å². The Morgan fingerprint density at radius 1 is 1.58 bits per heavy atom. The van der Waals surface area contributed by atoms with Crippen LogP contribution in [0.5, 0.6) is 0 Å². The lowest BCUT2D eigenvalue weighted by molar-refractivity contribution is 0.186. The van der Waals surface area contributed by atoms with Gasteiger partial charge in [0.25, 0.3) is 0 Å². The van der Waals surface area contributed by atoms with E-state index < -0.39 is 0 Å². The molecule has 68 valence electrons. The summed E-state index contributed by atoms with van der Waals surface area (Å²) in [5.41, 5.74) is 0. The first-order valence-corrected chi connectivity index (χ1v) is 4.12. The summed E-state index contributed by atoms with van der Waals surface area (Å²) < 4.78 is 7.00. The Bertz CT molecular complexity index is 232. The quantitative estimate of drug-likeness (QED) is 0.676. The van der Waals surface area contributed by atoms with Crippen molar-refractivity contribution in [3.05, 3.63) is 12.2 Å². The van der Waals surface area contributed by atoms with E-state index in [9.17, 15) is 0 Å². The molecule has 1 aromatic heterocycles. The minimum absolute atomic E-state index is 0.421. The second kappa shape index (κ2) is 4.21. The normalized spacial score (nSPS) is 11.0. The number of ether oxygens (including phenoxy) is 1. The van der Waals surface area contributed by atoms with Crippen LogP contribution in [-0.2, 0) is 11.3 Å². The van der Waals surface area contributed by atoms with E-state index in [1.54, 1.807) is 13.4 Å². The Morgan fingerprint density at radius 2 is 2.33 bits per heavy atom. The number of hydrogen-bond donors (Lipinski definition) is 0. The van der Waals surface area contributed by atoms with Gasteiger partial charge in [0.05, 0.1) is 6.61 Å². The first-order chi connectivity index (χ1) is 5.75. The molecule has 12 heavy (non-hydrogen) atoms. The molecule has 4 heteroatoms. The first-order valence-electron chi connectivity index (χ1n) is 4.12. The predicted octanol–water partition coefficient (Wildman–Crippen LogP) is 1.05. The highest BCUT2D eigenvalue weighted by Gasteiger charge is 2.06. The van der Waals surface area contributed by atoms with Gasteiger partial charge >= 0.3 is 0 Å². The van der Waals surface area contributed by atoms with E-state index in [0.29, 0.717) is 12.5 Å². The van der Waals surface area contributed by atoms with Gasteiger partial charge in [-0.15, -0.1) is 10.2 Å². The molecule has 0 unspecified atom stereocenters. The third-order valence-corrected chi connectivity index (χ3v) is 1.70. The van der Waals surface area contributed by atoms with Crippen LogP contribution in [0, 0.1) is 0 Å². The topological polar surface area (TPSA) is 39.9 Å². The van der Waals surface area contributed by atoms with Crippen molar-refractivity contribution in [2.75, 3.05) is 13.7 Å². The van der Waals surface area contributed by atoms with Gasteiger partial charge in [0.1, 0.15) is 12.2 Å². The maximum Gasteiger partial charge on any atom is 0.135 e. The summed E-state index contributed by atoms with van der Waals surface area (Å²) >= 11 is 0. The fourth-order valence-electron chi connectivity index (χ4n) is 1.07. The number of rotatable bonds is 4. The number of methoxy groups -OCH3 is 1. The SMILES string of the molecule is COCCn1cnnc1C(C)C. The standard InChI is InChI=1S/C8H15N3O/c1-7(2)8-10-9-6-11(8)4-5-12-3/h6-7H,4-5H2,1-3H3. The Hall–Kier alpha value is -0.900. The molecule has 0 aliphatic heterocycles. The zero-order valence-corrected chi connectivity index (χ0v) is 7.82. The average Bonchev–Trinajstić information content (AvgIpc) is 2.48. The lowest BCUT2D eigenvalue weighted by Crippen LogP contribution is -2.08. The summed E-state index contributed by atoms with van der Waals surface area (Å²) in [6.07, 6.45) is 1.74. The summed E-state index contributed by atoms with van der Waals surface area (Å²) in [7, 11) is 1.69. The van der Waals surface area contributed by atoms with Gasteiger partial charge < -0.3 is 9.30 Å². The molecule has 1 heterocycles. The van der Waals surface area contributed by atoms with E-state index in [1.165, 1.54) is 0 Å². The van der Waals surface area contributed by atoms with Gasteiger partial charge in [0.15, 0.2) is 0 Å². The van der Waals surface area contributed by atoms with Crippen molar-refractivity contribution in [1.29, 1.82) is 0 Å². The van der Waals surface area contributed by atoms with Crippen LogP contribution in [-0.4, -0.2) is 28.5 Å². The molecule has 0 bridgehead atoms. The molecule has 0 spiro atoms. The predicted molar refractivity (Wildman–Crippen MR) is 46.0 cm³/mol. The van der Waals surface area contributed by atoms with Crippen LogP contribution in [0.15, 0.2) is 6.33 Å². The van der Waals surface area contributed by atoms with Crippen molar-refractivity contribution in [2.45, 2.75) is 26.3 Å². The maximum absolute atomic E-state index is 4.97. The van der Waals surface area contributed by atoms with E-state index >= 15 is 0 Å². The van der Waals surface area contributed by atoms with Gasteiger partial charge in [-0.2, -0.15) is 0 Å². The van der Waals surface area contributed by atoms with Gasteiger partial charge in [0.2, 0.25) is 0 Å². The van der Waals surface area contributed by atoms with E-state index in [0.717, 1.165) is 12.4 Å². The van der Waals surface area contributed by atoms with E-state index in [-0.39, 0.29) is 0 Å². The highest BCUT2D eigenvalue weighted by Crippen LogP contribution is 2.09. The van der Waals surface area contributed by atoms with Gasteiger partial charge in [-0.05, 0) is 0 Å². The van der Waals surface area contributed by atoms with Crippen LogP contribution in [0.4, 0.5) is 0 Å². The van der Waals surface area contributed by atoms with Crippen molar-refractivity contribution < 1.29 is 4.74 Å². The third kappa shape index (κ3) is 2.04. The fourth-order valence-corrected chi connectivity index (χ4v) is 1.07. The fraction of sp³-hybridized carbons (Fsp3) is 0.750. The second-order valence-electron chi connectivity index (χ2n) is 3.03. The zero-order chi connectivity index (χ0) is 8.97. The zero-order valence-electron chi connectivity index (χ0n) is 7.82. The summed E-state index contributed by atoms with van der Waals surface area (Å²) in [4.78, 5) is 0. The second-order valence-corrected chi connectivity index (χ2v) is 3.03. The third-order valence-electron chi connectivity index (χ3n) is 1.70. The van der Waals surface area contributed by atoms with E-state index in [1.807, 2.05) is 4.57 Å². The average molecular weight is 169 g/mol. The van der Waals surface area contributed by atoms with Crippen LogP contribution >= 0.6 is 0 Å². The molecule has 0 fully saturated rings. The molecule has 0 amide bonds. The molecule has 0 saturated heterocycles. The van der Waals surface area contributed by atoms with Gasteiger partial charge in [-0.1, -0.05) is 13.8 Å². The molecule has 4 nitrogen and oxygen atoms in total. The van der Waals surface area contributed by atoms with Crippen molar-refractivity contribution in [3.63, 3.8) is 0 Å². The van der Waals surface area contributed by atoms with Crippen LogP contribution in [0.25, 0.3) is 0 Å². The molecular formula is C8H15N3O. The van der Waals surface area contributed by atoms with Crippen LogP contribution in [0.1, 0.15) is 25.6 Å². The van der Waals surface area contributed by atoms with Crippen molar-refractivity contribution in [2.24, 2.45) is 0 Å². The lowest BCUT2D eigenvalue weighted by atomic mass is 10.2. The van der Waals surface area contributed by atoms with Crippen LogP contribution < -0.4 is 0 Å². The van der Waals surface area contributed by atoms with Crippen LogP contribution in [0.2, 0.25) is 0 Å². The Balaban J connectivity index is 2.64. The summed E-state index contributed by atoms with van der Waals surface area (Å²) in [6.45, 7) is 5.75. The van der Waals surface area contributed by atoms with Crippen molar-refractivity contribution >= 4 is 0 Å². The monoisotopic (exact) mass is 169 g/mol. The molecule has 1 rings (SSSR count). The van der Waals surface area contributed by atoms with Crippen molar-refractivity contribution in [3.8, 4) is 0 Å². The smallest absolute Gasteiger partial charge is 0.135 e. The largest absolute Gasteiger partial charge is 0.383 e. The Kier molecular flexibility index (Phi) is 3.22. The van der Waals surface area contributed by atoms with Gasteiger partial charge in [-0.25, -0.2) is 0 Å². The summed E-state index contributed by atoms with van der Waals surface area (Å²) in [5, 5.41) is 7.88. The molecule has 0 atom stereocenters. The van der Waals surface area contributed by atoms with E-state index in [4.69, 9.17) is 4.74 Å². The van der Waals surface area contributed by atoms with Crippen molar-refractivity contribution in [1.82, 2.24) is 14.8 Å². The molecule has 0 aliphatic rings. The Labute approximate surface area is 72.6 Å². The number of aromatic nitrogens is 3. The minimum atomic E-state index is 0.421. The van der Waals surface area contributed by atoms with E-state index in [2.05, 4.69) is 24.0 Å². The molecule has 1 aromatic rings. The first kappa shape index (κ1) is 9.19.